The smallest absolute Gasteiger partial charge is 0.339 e. The van der Waals surface area contributed by atoms with Crippen molar-refractivity contribution >= 4 is 39.8 Å². The number of thiophene rings is 1. The summed E-state index contributed by atoms with van der Waals surface area (Å²) in [4.78, 5) is 18.2. The van der Waals surface area contributed by atoms with E-state index in [9.17, 15) is 4.79 Å². The fraction of sp³-hybridized carbons (Fsp3) is 0.111. The summed E-state index contributed by atoms with van der Waals surface area (Å²) in [5.41, 5.74) is 1.79. The topological polar surface area (TPSA) is 78.1 Å². The highest BCUT2D eigenvalue weighted by Crippen LogP contribution is 2.32. The predicted octanol–water partition coefficient (Wildman–Crippen LogP) is 4.67. The molecule has 0 aliphatic heterocycles. The van der Waals surface area contributed by atoms with Crippen LogP contribution in [0.4, 0.5) is 0 Å². The van der Waals surface area contributed by atoms with Gasteiger partial charge in [0.2, 0.25) is 5.89 Å². The summed E-state index contributed by atoms with van der Waals surface area (Å²) >= 11 is 7.43. The largest absolute Gasteiger partial charge is 0.452 e. The second-order valence-corrected chi connectivity index (χ2v) is 7.18. The quantitative estimate of drug-likeness (QED) is 0.475. The van der Waals surface area contributed by atoms with Gasteiger partial charge in [-0.2, -0.15) is 0 Å². The van der Waals surface area contributed by atoms with Gasteiger partial charge in [0.15, 0.2) is 6.61 Å². The molecule has 4 aromatic rings. The van der Waals surface area contributed by atoms with Crippen molar-refractivity contribution in [3.63, 3.8) is 0 Å². The van der Waals surface area contributed by atoms with Gasteiger partial charge in [-0.05, 0) is 24.3 Å². The Morgan fingerprint density at radius 3 is 2.81 bits per heavy atom. The van der Waals surface area contributed by atoms with Crippen LogP contribution in [0.2, 0.25) is 4.34 Å². The Balaban J connectivity index is 1.71. The van der Waals surface area contributed by atoms with Crippen LogP contribution >= 0.6 is 22.9 Å². The van der Waals surface area contributed by atoms with E-state index >= 15 is 0 Å². The zero-order valence-electron chi connectivity index (χ0n) is 13.6. The van der Waals surface area contributed by atoms with Crippen LogP contribution in [0.1, 0.15) is 22.1 Å². The standard InChI is InChI=1S/C18H12ClN3O3S/c1-10-21-22-17(25-10)9-24-18(23)12-8-14(15-6-7-16(19)26-15)20-13-5-3-2-4-11(12)13/h2-8H,9H2,1H3. The van der Waals surface area contributed by atoms with Crippen molar-refractivity contribution in [2.75, 3.05) is 0 Å². The van der Waals surface area contributed by atoms with Crippen molar-refractivity contribution in [3.05, 3.63) is 64.1 Å². The number of esters is 1. The minimum Gasteiger partial charge on any atom is -0.452 e. The summed E-state index contributed by atoms with van der Waals surface area (Å²) in [7, 11) is 0. The first-order valence-corrected chi connectivity index (χ1v) is 8.91. The summed E-state index contributed by atoms with van der Waals surface area (Å²) in [5.74, 6) is 0.185. The average Bonchev–Trinajstić information content (AvgIpc) is 3.27. The van der Waals surface area contributed by atoms with Crippen molar-refractivity contribution in [1.29, 1.82) is 0 Å². The van der Waals surface area contributed by atoms with Gasteiger partial charge in [-0.1, -0.05) is 29.8 Å². The molecule has 0 amide bonds. The molecule has 0 saturated carbocycles. The molecule has 8 heteroatoms. The van der Waals surface area contributed by atoms with Crippen molar-refractivity contribution in [2.45, 2.75) is 13.5 Å². The summed E-state index contributed by atoms with van der Waals surface area (Å²) in [6.07, 6.45) is 0. The first-order valence-electron chi connectivity index (χ1n) is 7.72. The maximum atomic E-state index is 12.7. The highest BCUT2D eigenvalue weighted by molar-refractivity contribution is 7.19. The Kier molecular flexibility index (Phi) is 4.40. The molecule has 6 nitrogen and oxygen atoms in total. The highest BCUT2D eigenvalue weighted by atomic mass is 35.5. The molecule has 4 rings (SSSR count). The minimum absolute atomic E-state index is 0.0868. The number of carbonyl (C=O) groups excluding carboxylic acids is 1. The first kappa shape index (κ1) is 16.7. The maximum Gasteiger partial charge on any atom is 0.339 e. The van der Waals surface area contributed by atoms with E-state index in [0.29, 0.717) is 32.4 Å². The summed E-state index contributed by atoms with van der Waals surface area (Å²) in [6, 6.07) is 12.8. The summed E-state index contributed by atoms with van der Waals surface area (Å²) < 4.78 is 11.2. The van der Waals surface area contributed by atoms with E-state index in [4.69, 9.17) is 20.8 Å². The number of nitrogens with zero attached hydrogens (tertiary/aromatic N) is 3. The Hall–Kier alpha value is -2.77. The Morgan fingerprint density at radius 2 is 2.08 bits per heavy atom. The number of benzene rings is 1. The lowest BCUT2D eigenvalue weighted by Gasteiger charge is -2.08. The number of hydrogen-bond acceptors (Lipinski definition) is 7. The lowest BCUT2D eigenvalue weighted by atomic mass is 10.1. The number of fused-ring (bicyclic) bond motifs is 1. The average molecular weight is 386 g/mol. The Morgan fingerprint density at radius 1 is 1.23 bits per heavy atom. The molecule has 0 N–H and O–H groups in total. The molecule has 0 unspecified atom stereocenters. The van der Waals surface area contributed by atoms with Gasteiger partial charge >= 0.3 is 5.97 Å². The molecular formula is C18H12ClN3O3S. The van der Waals surface area contributed by atoms with Crippen LogP contribution in [-0.2, 0) is 11.3 Å². The SMILES string of the molecule is Cc1nnc(COC(=O)c2cc(-c3ccc(Cl)s3)nc3ccccc23)o1. The zero-order valence-corrected chi connectivity index (χ0v) is 15.2. The van der Waals surface area contributed by atoms with Crippen LogP contribution in [0, 0.1) is 6.92 Å². The predicted molar refractivity (Wildman–Crippen MR) is 98.2 cm³/mol. The molecule has 0 aliphatic rings. The van der Waals surface area contributed by atoms with E-state index in [0.717, 1.165) is 4.88 Å². The molecule has 0 bridgehead atoms. The van der Waals surface area contributed by atoms with Crippen molar-refractivity contribution in [2.24, 2.45) is 0 Å². The van der Waals surface area contributed by atoms with E-state index < -0.39 is 5.97 Å². The lowest BCUT2D eigenvalue weighted by Crippen LogP contribution is -2.07. The Bertz CT molecular complexity index is 1110. The van der Waals surface area contributed by atoms with Crippen LogP contribution in [0.15, 0.2) is 46.9 Å². The molecule has 0 saturated heterocycles. The molecule has 3 aromatic heterocycles. The third-order valence-corrected chi connectivity index (χ3v) is 4.91. The molecule has 0 spiro atoms. The van der Waals surface area contributed by atoms with Crippen LogP contribution in [0.25, 0.3) is 21.5 Å². The van der Waals surface area contributed by atoms with Gasteiger partial charge in [-0.3, -0.25) is 0 Å². The van der Waals surface area contributed by atoms with E-state index in [1.165, 1.54) is 11.3 Å². The van der Waals surface area contributed by atoms with Gasteiger partial charge in [-0.15, -0.1) is 21.5 Å². The van der Waals surface area contributed by atoms with Gasteiger partial charge in [0.05, 0.1) is 26.0 Å². The second-order valence-electron chi connectivity index (χ2n) is 5.47. The molecule has 3 heterocycles. The third-order valence-electron chi connectivity index (χ3n) is 3.66. The second kappa shape index (κ2) is 6.86. The fourth-order valence-electron chi connectivity index (χ4n) is 2.52. The molecule has 0 radical (unpaired) electrons. The molecular weight excluding hydrogens is 374 g/mol. The number of carbonyl (C=O) groups is 1. The Labute approximate surface area is 157 Å². The summed E-state index contributed by atoms with van der Waals surface area (Å²) in [6.45, 7) is 1.59. The van der Waals surface area contributed by atoms with E-state index in [1.807, 2.05) is 30.3 Å². The van der Waals surface area contributed by atoms with Crippen LogP contribution < -0.4 is 0 Å². The molecule has 130 valence electrons. The number of ether oxygens (including phenoxy) is 1. The number of hydrogen-bond donors (Lipinski definition) is 0. The van der Waals surface area contributed by atoms with Crippen LogP contribution in [0.3, 0.4) is 0 Å². The third kappa shape index (κ3) is 3.31. The van der Waals surface area contributed by atoms with Crippen molar-refractivity contribution in [1.82, 2.24) is 15.2 Å². The van der Waals surface area contributed by atoms with Gasteiger partial charge in [0, 0.05) is 12.3 Å². The monoisotopic (exact) mass is 385 g/mol. The number of aryl methyl sites for hydroxylation is 1. The number of pyridine rings is 1. The molecule has 1 aromatic carbocycles. The molecule has 0 atom stereocenters. The highest BCUT2D eigenvalue weighted by Gasteiger charge is 2.17. The van der Waals surface area contributed by atoms with Crippen LogP contribution in [-0.4, -0.2) is 21.2 Å². The number of para-hydroxylation sites is 1. The van der Waals surface area contributed by atoms with E-state index in [2.05, 4.69) is 15.2 Å². The lowest BCUT2D eigenvalue weighted by molar-refractivity contribution is 0.0439. The van der Waals surface area contributed by atoms with Gasteiger partial charge < -0.3 is 9.15 Å². The normalized spacial score (nSPS) is 11.0. The maximum absolute atomic E-state index is 12.7. The molecule has 0 aliphatic carbocycles. The number of rotatable bonds is 4. The minimum atomic E-state index is -0.483. The van der Waals surface area contributed by atoms with Gasteiger partial charge in [-0.25, -0.2) is 9.78 Å². The summed E-state index contributed by atoms with van der Waals surface area (Å²) in [5, 5.41) is 8.25. The number of halogens is 1. The number of aromatic nitrogens is 3. The van der Waals surface area contributed by atoms with Crippen molar-refractivity contribution in [3.8, 4) is 10.6 Å². The molecule has 26 heavy (non-hydrogen) atoms. The van der Waals surface area contributed by atoms with Crippen molar-refractivity contribution < 1.29 is 13.9 Å². The zero-order chi connectivity index (χ0) is 18.1. The van der Waals surface area contributed by atoms with E-state index in [1.54, 1.807) is 19.1 Å². The van der Waals surface area contributed by atoms with E-state index in [-0.39, 0.29) is 12.5 Å². The van der Waals surface area contributed by atoms with Crippen LogP contribution in [0.5, 0.6) is 0 Å². The van der Waals surface area contributed by atoms with Gasteiger partial charge in [0.25, 0.3) is 5.89 Å². The fourth-order valence-corrected chi connectivity index (χ4v) is 3.53. The first-order chi connectivity index (χ1) is 12.6. The van der Waals surface area contributed by atoms with Gasteiger partial charge in [0.1, 0.15) is 0 Å². The molecule has 0 fully saturated rings.